The lowest BCUT2D eigenvalue weighted by molar-refractivity contribution is 0.0724. The van der Waals surface area contributed by atoms with Crippen LogP contribution in [-0.4, -0.2) is 49.6 Å². The van der Waals surface area contributed by atoms with Crippen molar-refractivity contribution in [2.45, 2.75) is 39.2 Å². The van der Waals surface area contributed by atoms with E-state index in [0.717, 1.165) is 67.2 Å². The second kappa shape index (κ2) is 12.7. The number of nitrogens with zero attached hydrogens (tertiary/aromatic N) is 2. The van der Waals surface area contributed by atoms with Gasteiger partial charge >= 0.3 is 0 Å². The molecule has 0 aromatic heterocycles. The molecule has 0 bridgehead atoms. The first-order valence-electron chi connectivity index (χ1n) is 11.6. The standard InChI is InChI=1S/C25H32N4O3.HI/c1-2-26-25(28-21-11-12-22-23(17-21)32-16-6-15-31-22)27-18-19-7-9-20(10-8-19)24(30)29-13-4-3-5-14-29;/h7-12,17H,2-6,13-16,18H2,1H3,(H2,26,27,28);1H. The normalized spacial score (nSPS) is 15.8. The summed E-state index contributed by atoms with van der Waals surface area (Å²) in [5.74, 6) is 2.34. The van der Waals surface area contributed by atoms with Crippen LogP contribution in [-0.2, 0) is 6.54 Å². The molecule has 2 N–H and O–H groups in total. The zero-order chi connectivity index (χ0) is 22.2. The van der Waals surface area contributed by atoms with Gasteiger partial charge < -0.3 is 25.0 Å². The van der Waals surface area contributed by atoms with Crippen molar-refractivity contribution >= 4 is 41.5 Å². The number of benzene rings is 2. The van der Waals surface area contributed by atoms with Gasteiger partial charge in [0.1, 0.15) is 0 Å². The smallest absolute Gasteiger partial charge is 0.253 e. The molecule has 2 aliphatic rings. The maximum atomic E-state index is 12.6. The second-order valence-electron chi connectivity index (χ2n) is 8.08. The minimum Gasteiger partial charge on any atom is -0.490 e. The van der Waals surface area contributed by atoms with Crippen LogP contribution in [0, 0.1) is 0 Å². The first kappa shape index (κ1) is 25.1. The zero-order valence-corrected chi connectivity index (χ0v) is 21.5. The van der Waals surface area contributed by atoms with E-state index in [0.29, 0.717) is 25.7 Å². The lowest BCUT2D eigenvalue weighted by Gasteiger charge is -2.26. The average molecular weight is 564 g/mol. The van der Waals surface area contributed by atoms with Crippen molar-refractivity contribution in [2.75, 3.05) is 38.2 Å². The van der Waals surface area contributed by atoms with Crippen molar-refractivity contribution in [1.82, 2.24) is 10.2 Å². The van der Waals surface area contributed by atoms with Crippen LogP contribution in [0.1, 0.15) is 48.5 Å². The van der Waals surface area contributed by atoms with Gasteiger partial charge in [-0.2, -0.15) is 0 Å². The highest BCUT2D eigenvalue weighted by Crippen LogP contribution is 2.32. The molecule has 0 saturated carbocycles. The Morgan fingerprint density at radius 1 is 0.970 bits per heavy atom. The van der Waals surface area contributed by atoms with E-state index in [9.17, 15) is 4.79 Å². The van der Waals surface area contributed by atoms with Crippen LogP contribution < -0.4 is 20.1 Å². The summed E-state index contributed by atoms with van der Waals surface area (Å²) in [6.07, 6.45) is 4.29. The number of likely N-dealkylation sites (tertiary alicyclic amines) is 1. The number of guanidine groups is 1. The van der Waals surface area contributed by atoms with E-state index in [2.05, 4.69) is 10.6 Å². The molecule has 0 aliphatic carbocycles. The number of ether oxygens (including phenoxy) is 2. The largest absolute Gasteiger partial charge is 0.490 e. The molecule has 1 saturated heterocycles. The van der Waals surface area contributed by atoms with Crippen molar-refractivity contribution in [1.29, 1.82) is 0 Å². The van der Waals surface area contributed by atoms with Gasteiger partial charge in [-0.15, -0.1) is 24.0 Å². The Hall–Kier alpha value is -2.49. The topological polar surface area (TPSA) is 75.2 Å². The Labute approximate surface area is 213 Å². The van der Waals surface area contributed by atoms with Crippen LogP contribution in [0.2, 0.25) is 0 Å². The van der Waals surface area contributed by atoms with Crippen molar-refractivity contribution in [3.05, 3.63) is 53.6 Å². The summed E-state index contributed by atoms with van der Waals surface area (Å²) in [6.45, 7) is 6.35. The SMILES string of the molecule is CCNC(=NCc1ccc(C(=O)N2CCCCC2)cc1)Nc1ccc2c(c1)OCCCO2.I. The minimum atomic E-state index is 0. The third-order valence-corrected chi connectivity index (χ3v) is 5.62. The lowest BCUT2D eigenvalue weighted by Crippen LogP contribution is -2.35. The fraction of sp³-hybridized carbons (Fsp3) is 0.440. The summed E-state index contributed by atoms with van der Waals surface area (Å²) in [6, 6.07) is 13.6. The second-order valence-corrected chi connectivity index (χ2v) is 8.08. The van der Waals surface area contributed by atoms with Crippen LogP contribution in [0.4, 0.5) is 5.69 Å². The van der Waals surface area contributed by atoms with Crippen LogP contribution in [0.25, 0.3) is 0 Å². The van der Waals surface area contributed by atoms with Gasteiger partial charge in [-0.05, 0) is 56.0 Å². The first-order valence-corrected chi connectivity index (χ1v) is 11.6. The third kappa shape index (κ3) is 6.99. The number of nitrogens with one attached hydrogen (secondary N) is 2. The number of amides is 1. The molecule has 1 amide bonds. The van der Waals surface area contributed by atoms with Gasteiger partial charge in [0.25, 0.3) is 5.91 Å². The van der Waals surface area contributed by atoms with Gasteiger partial charge in [-0.25, -0.2) is 4.99 Å². The highest BCUT2D eigenvalue weighted by Gasteiger charge is 2.18. The highest BCUT2D eigenvalue weighted by atomic mass is 127. The number of halogens is 1. The molecule has 2 aromatic rings. The molecule has 1 fully saturated rings. The minimum absolute atomic E-state index is 0. The molecule has 0 unspecified atom stereocenters. The summed E-state index contributed by atoms with van der Waals surface area (Å²) in [4.78, 5) is 19.3. The molecule has 4 rings (SSSR count). The Bertz CT molecular complexity index is 943. The fourth-order valence-corrected chi connectivity index (χ4v) is 3.89. The van der Waals surface area contributed by atoms with Crippen LogP contribution in [0.15, 0.2) is 47.5 Å². The average Bonchev–Trinajstić information content (AvgIpc) is 3.08. The molecule has 0 atom stereocenters. The van der Waals surface area contributed by atoms with E-state index in [4.69, 9.17) is 14.5 Å². The van der Waals surface area contributed by atoms with Crippen LogP contribution in [0.3, 0.4) is 0 Å². The molecule has 8 heteroatoms. The number of rotatable bonds is 5. The maximum absolute atomic E-state index is 12.6. The van der Waals surface area contributed by atoms with Gasteiger partial charge in [0.05, 0.1) is 19.8 Å². The van der Waals surface area contributed by atoms with E-state index in [1.54, 1.807) is 0 Å². The quantitative estimate of drug-likeness (QED) is 0.314. The van der Waals surface area contributed by atoms with E-state index < -0.39 is 0 Å². The van der Waals surface area contributed by atoms with Gasteiger partial charge in [0.2, 0.25) is 0 Å². The fourth-order valence-electron chi connectivity index (χ4n) is 3.89. The van der Waals surface area contributed by atoms with Gasteiger partial charge in [-0.3, -0.25) is 4.79 Å². The van der Waals surface area contributed by atoms with Gasteiger partial charge in [0, 0.05) is 43.4 Å². The molecule has 0 radical (unpaired) electrons. The summed E-state index contributed by atoms with van der Waals surface area (Å²) in [5, 5.41) is 6.61. The molecule has 2 aliphatic heterocycles. The molecule has 33 heavy (non-hydrogen) atoms. The molecular formula is C25H33IN4O3. The van der Waals surface area contributed by atoms with Gasteiger partial charge in [0.15, 0.2) is 17.5 Å². The summed E-state index contributed by atoms with van der Waals surface area (Å²) in [5.41, 5.74) is 2.68. The Kier molecular flexibility index (Phi) is 9.65. The molecule has 0 spiro atoms. The van der Waals surface area contributed by atoms with Gasteiger partial charge in [-0.1, -0.05) is 12.1 Å². The number of hydrogen-bond donors (Lipinski definition) is 2. The number of anilines is 1. The van der Waals surface area contributed by atoms with E-state index >= 15 is 0 Å². The molecule has 178 valence electrons. The van der Waals surface area contributed by atoms with E-state index in [1.807, 2.05) is 54.3 Å². The number of piperidine rings is 1. The number of fused-ring (bicyclic) bond motifs is 1. The summed E-state index contributed by atoms with van der Waals surface area (Å²) >= 11 is 0. The summed E-state index contributed by atoms with van der Waals surface area (Å²) in [7, 11) is 0. The van der Waals surface area contributed by atoms with Crippen LogP contribution in [0.5, 0.6) is 11.5 Å². The van der Waals surface area contributed by atoms with E-state index in [-0.39, 0.29) is 29.9 Å². The van der Waals surface area contributed by atoms with E-state index in [1.165, 1.54) is 6.42 Å². The molecule has 2 aromatic carbocycles. The predicted molar refractivity (Wildman–Crippen MR) is 142 cm³/mol. The van der Waals surface area contributed by atoms with Crippen molar-refractivity contribution in [3.8, 4) is 11.5 Å². The number of carbonyl (C=O) groups is 1. The van der Waals surface area contributed by atoms with Crippen molar-refractivity contribution < 1.29 is 14.3 Å². The molecule has 2 heterocycles. The Morgan fingerprint density at radius 2 is 1.70 bits per heavy atom. The monoisotopic (exact) mass is 564 g/mol. The number of hydrogen-bond acceptors (Lipinski definition) is 4. The summed E-state index contributed by atoms with van der Waals surface area (Å²) < 4.78 is 11.5. The zero-order valence-electron chi connectivity index (χ0n) is 19.1. The predicted octanol–water partition coefficient (Wildman–Crippen LogP) is 4.67. The number of carbonyl (C=O) groups excluding carboxylic acids is 1. The Balaban J connectivity index is 0.00000306. The van der Waals surface area contributed by atoms with Crippen LogP contribution >= 0.6 is 24.0 Å². The maximum Gasteiger partial charge on any atom is 0.253 e. The molecular weight excluding hydrogens is 531 g/mol. The Morgan fingerprint density at radius 3 is 2.42 bits per heavy atom. The highest BCUT2D eigenvalue weighted by molar-refractivity contribution is 14.0. The first-order chi connectivity index (χ1) is 15.7. The number of aliphatic imine (C=N–C) groups is 1. The third-order valence-electron chi connectivity index (χ3n) is 5.62. The van der Waals surface area contributed by atoms with Crippen molar-refractivity contribution in [3.63, 3.8) is 0 Å². The molecule has 7 nitrogen and oxygen atoms in total. The van der Waals surface area contributed by atoms with Crippen molar-refractivity contribution in [2.24, 2.45) is 4.99 Å². The lowest BCUT2D eigenvalue weighted by atomic mass is 10.1.